The topological polar surface area (TPSA) is 103 Å². The van der Waals surface area contributed by atoms with E-state index in [4.69, 9.17) is 5.73 Å². The molecule has 0 radical (unpaired) electrons. The molecule has 0 aliphatic carbocycles. The number of halogens is 1. The predicted molar refractivity (Wildman–Crippen MR) is 77.1 cm³/mol. The van der Waals surface area contributed by atoms with E-state index >= 15 is 0 Å². The standard InChI is InChI=1S/C12H9BrN2O4S/c13-8-2-1-3-9(6-8)20(18,19)10-4-5-11(14)12(7-10)15(16)17/h1-7H,14H2. The minimum Gasteiger partial charge on any atom is -0.393 e. The Morgan fingerprint density at radius 3 is 2.35 bits per heavy atom. The minimum absolute atomic E-state index is 0.0472. The van der Waals surface area contributed by atoms with Crippen molar-refractivity contribution in [1.82, 2.24) is 0 Å². The van der Waals surface area contributed by atoms with Crippen molar-refractivity contribution in [3.63, 3.8) is 0 Å². The quantitative estimate of drug-likeness (QED) is 0.517. The molecule has 0 atom stereocenters. The summed E-state index contributed by atoms with van der Waals surface area (Å²) in [6.07, 6.45) is 0. The molecule has 2 aromatic rings. The zero-order valence-corrected chi connectivity index (χ0v) is 12.4. The summed E-state index contributed by atoms with van der Waals surface area (Å²) in [6, 6.07) is 9.53. The largest absolute Gasteiger partial charge is 0.393 e. The number of nitrogen functional groups attached to an aromatic ring is 1. The molecule has 0 unspecified atom stereocenters. The second-order valence-corrected chi connectivity index (χ2v) is 6.80. The molecular weight excluding hydrogens is 348 g/mol. The summed E-state index contributed by atoms with van der Waals surface area (Å²) in [6.45, 7) is 0. The smallest absolute Gasteiger partial charge is 0.293 e. The Labute approximate surface area is 123 Å². The van der Waals surface area contributed by atoms with Crippen LogP contribution in [-0.4, -0.2) is 13.3 Å². The van der Waals surface area contributed by atoms with Gasteiger partial charge in [0.15, 0.2) is 0 Å². The first-order valence-electron chi connectivity index (χ1n) is 5.37. The van der Waals surface area contributed by atoms with Crippen LogP contribution >= 0.6 is 15.9 Å². The number of rotatable bonds is 3. The van der Waals surface area contributed by atoms with Gasteiger partial charge in [-0.15, -0.1) is 0 Å². The fourth-order valence-electron chi connectivity index (χ4n) is 1.62. The third-order valence-corrected chi connectivity index (χ3v) is 4.86. The molecular formula is C12H9BrN2O4S. The van der Waals surface area contributed by atoms with Gasteiger partial charge in [0, 0.05) is 10.5 Å². The highest BCUT2D eigenvalue weighted by atomic mass is 79.9. The summed E-state index contributed by atoms with van der Waals surface area (Å²) in [5.41, 5.74) is 4.94. The molecule has 0 amide bonds. The van der Waals surface area contributed by atoms with Crippen LogP contribution in [0.5, 0.6) is 0 Å². The average molecular weight is 357 g/mol. The van der Waals surface area contributed by atoms with Gasteiger partial charge in [0.1, 0.15) is 5.69 Å². The van der Waals surface area contributed by atoms with Crippen molar-refractivity contribution in [3.05, 3.63) is 57.1 Å². The summed E-state index contributed by atoms with van der Waals surface area (Å²) >= 11 is 3.18. The first-order valence-corrected chi connectivity index (χ1v) is 7.64. The van der Waals surface area contributed by atoms with E-state index in [1.165, 1.54) is 24.3 Å². The van der Waals surface area contributed by atoms with Gasteiger partial charge in [-0.05, 0) is 30.3 Å². The van der Waals surface area contributed by atoms with Gasteiger partial charge in [0.25, 0.3) is 5.69 Å². The number of nitro benzene ring substituents is 1. The number of anilines is 1. The monoisotopic (exact) mass is 356 g/mol. The highest BCUT2D eigenvalue weighted by molar-refractivity contribution is 9.10. The Bertz CT molecular complexity index is 790. The number of sulfone groups is 1. The fourth-order valence-corrected chi connectivity index (χ4v) is 3.50. The number of hydrogen-bond acceptors (Lipinski definition) is 5. The van der Waals surface area contributed by atoms with Crippen molar-refractivity contribution in [2.75, 3.05) is 5.73 Å². The molecule has 0 aromatic heterocycles. The van der Waals surface area contributed by atoms with E-state index < -0.39 is 20.4 Å². The minimum atomic E-state index is -3.82. The van der Waals surface area contributed by atoms with E-state index in [-0.39, 0.29) is 15.5 Å². The summed E-state index contributed by atoms with van der Waals surface area (Å²) in [7, 11) is -3.82. The van der Waals surface area contributed by atoms with Gasteiger partial charge in [-0.3, -0.25) is 10.1 Å². The van der Waals surface area contributed by atoms with E-state index in [0.29, 0.717) is 4.47 Å². The van der Waals surface area contributed by atoms with Crippen molar-refractivity contribution >= 4 is 37.1 Å². The van der Waals surface area contributed by atoms with Gasteiger partial charge in [0.05, 0.1) is 14.7 Å². The molecule has 20 heavy (non-hydrogen) atoms. The Kier molecular flexibility index (Phi) is 3.78. The maximum atomic E-state index is 12.4. The lowest BCUT2D eigenvalue weighted by Gasteiger charge is -2.06. The lowest BCUT2D eigenvalue weighted by molar-refractivity contribution is -0.384. The van der Waals surface area contributed by atoms with E-state index in [0.717, 1.165) is 6.07 Å². The lowest BCUT2D eigenvalue weighted by atomic mass is 10.3. The van der Waals surface area contributed by atoms with Gasteiger partial charge >= 0.3 is 0 Å². The normalized spacial score (nSPS) is 11.2. The van der Waals surface area contributed by atoms with Crippen molar-refractivity contribution < 1.29 is 13.3 Å². The molecule has 6 nitrogen and oxygen atoms in total. The van der Waals surface area contributed by atoms with E-state index in [1.54, 1.807) is 12.1 Å². The van der Waals surface area contributed by atoms with Crippen LogP contribution in [0.4, 0.5) is 11.4 Å². The predicted octanol–water partition coefficient (Wildman–Crippen LogP) is 2.77. The van der Waals surface area contributed by atoms with Gasteiger partial charge in [0.2, 0.25) is 9.84 Å². The van der Waals surface area contributed by atoms with Crippen LogP contribution in [0.25, 0.3) is 0 Å². The number of nitrogens with zero attached hydrogens (tertiary/aromatic N) is 1. The second-order valence-electron chi connectivity index (χ2n) is 3.94. The SMILES string of the molecule is Nc1ccc(S(=O)(=O)c2cccc(Br)c2)cc1[N+](=O)[O-]. The Morgan fingerprint density at radius 2 is 1.75 bits per heavy atom. The van der Waals surface area contributed by atoms with Crippen molar-refractivity contribution in [2.45, 2.75) is 9.79 Å². The van der Waals surface area contributed by atoms with Crippen LogP contribution in [0.3, 0.4) is 0 Å². The molecule has 104 valence electrons. The first kappa shape index (κ1) is 14.5. The highest BCUT2D eigenvalue weighted by Gasteiger charge is 2.22. The molecule has 0 aliphatic heterocycles. The van der Waals surface area contributed by atoms with Crippen molar-refractivity contribution in [2.24, 2.45) is 0 Å². The maximum Gasteiger partial charge on any atom is 0.293 e. The third-order valence-electron chi connectivity index (χ3n) is 2.62. The van der Waals surface area contributed by atoms with Gasteiger partial charge in [-0.1, -0.05) is 22.0 Å². The molecule has 0 saturated heterocycles. The number of benzene rings is 2. The van der Waals surface area contributed by atoms with Crippen molar-refractivity contribution in [3.8, 4) is 0 Å². The van der Waals surface area contributed by atoms with Crippen LogP contribution < -0.4 is 5.73 Å². The zero-order chi connectivity index (χ0) is 14.9. The van der Waals surface area contributed by atoms with Gasteiger partial charge in [-0.25, -0.2) is 8.42 Å². The Hall–Kier alpha value is -1.93. The highest BCUT2D eigenvalue weighted by Crippen LogP contribution is 2.29. The summed E-state index contributed by atoms with van der Waals surface area (Å²) in [4.78, 5) is 9.98. The van der Waals surface area contributed by atoms with Crippen LogP contribution in [0.15, 0.2) is 56.7 Å². The van der Waals surface area contributed by atoms with Gasteiger partial charge in [-0.2, -0.15) is 0 Å². The molecule has 0 heterocycles. The molecule has 8 heteroatoms. The van der Waals surface area contributed by atoms with Crippen LogP contribution in [0.1, 0.15) is 0 Å². The van der Waals surface area contributed by atoms with Gasteiger partial charge < -0.3 is 5.73 Å². The molecule has 2 rings (SSSR count). The first-order chi connectivity index (χ1) is 9.32. The van der Waals surface area contributed by atoms with Crippen molar-refractivity contribution in [1.29, 1.82) is 0 Å². The number of hydrogen-bond donors (Lipinski definition) is 1. The Morgan fingerprint density at radius 1 is 1.10 bits per heavy atom. The molecule has 0 aliphatic rings. The maximum absolute atomic E-state index is 12.4. The molecule has 0 spiro atoms. The van der Waals surface area contributed by atoms with Crippen LogP contribution in [0.2, 0.25) is 0 Å². The third kappa shape index (κ3) is 2.66. The summed E-state index contributed by atoms with van der Waals surface area (Å²) in [5, 5.41) is 10.8. The lowest BCUT2D eigenvalue weighted by Crippen LogP contribution is -2.04. The zero-order valence-electron chi connectivity index (χ0n) is 9.99. The average Bonchev–Trinajstić information content (AvgIpc) is 2.38. The number of nitrogens with two attached hydrogens (primary N) is 1. The summed E-state index contributed by atoms with van der Waals surface area (Å²) < 4.78 is 25.4. The second kappa shape index (κ2) is 5.22. The number of nitro groups is 1. The van der Waals surface area contributed by atoms with Crippen LogP contribution in [-0.2, 0) is 9.84 Å². The Balaban J connectivity index is 2.61. The van der Waals surface area contributed by atoms with E-state index in [2.05, 4.69) is 15.9 Å². The molecule has 2 N–H and O–H groups in total. The molecule has 0 bridgehead atoms. The summed E-state index contributed by atoms with van der Waals surface area (Å²) in [5.74, 6) is 0. The van der Waals surface area contributed by atoms with Crippen LogP contribution in [0, 0.1) is 10.1 Å². The molecule has 0 fully saturated rings. The fraction of sp³-hybridized carbons (Fsp3) is 0. The van der Waals surface area contributed by atoms with E-state index in [9.17, 15) is 18.5 Å². The molecule has 0 saturated carbocycles. The van der Waals surface area contributed by atoms with E-state index in [1.807, 2.05) is 0 Å². The molecule has 2 aromatic carbocycles.